The molecule has 0 aliphatic carbocycles. The Labute approximate surface area is 69.5 Å². The van der Waals surface area contributed by atoms with E-state index in [0.29, 0.717) is 0 Å². The third-order valence-electron chi connectivity index (χ3n) is 1.14. The number of hydrogen-bond donors (Lipinski definition) is 4. The van der Waals surface area contributed by atoms with Gasteiger partial charge in [0.1, 0.15) is 6.04 Å². The third-order valence-corrected chi connectivity index (χ3v) is 1.14. The van der Waals surface area contributed by atoms with Crippen LogP contribution in [0, 0.1) is 0 Å². The van der Waals surface area contributed by atoms with Gasteiger partial charge in [-0.15, -0.1) is 0 Å². The van der Waals surface area contributed by atoms with Gasteiger partial charge in [0.05, 0.1) is 0 Å². The molecule has 1 atom stereocenters. The van der Waals surface area contributed by atoms with Crippen molar-refractivity contribution in [1.82, 2.24) is 10.9 Å². The van der Waals surface area contributed by atoms with Crippen molar-refractivity contribution in [3.8, 4) is 0 Å². The standard InChI is InChI=1S/C6H12N2O4/c1-4(10)7-8-5(2-3-9)6(11)12/h5,8-9H,2-3H2,1H3,(H,7,10)(H,11,12)/t5-/m0/s1. The van der Waals surface area contributed by atoms with Crippen LogP contribution in [-0.2, 0) is 9.59 Å². The zero-order valence-electron chi connectivity index (χ0n) is 6.70. The molecule has 0 aliphatic heterocycles. The van der Waals surface area contributed by atoms with E-state index < -0.39 is 12.0 Å². The highest BCUT2D eigenvalue weighted by molar-refractivity contribution is 5.75. The van der Waals surface area contributed by atoms with Crippen LogP contribution in [0.2, 0.25) is 0 Å². The zero-order chi connectivity index (χ0) is 9.56. The first-order valence-electron chi connectivity index (χ1n) is 3.43. The minimum Gasteiger partial charge on any atom is -0.480 e. The van der Waals surface area contributed by atoms with E-state index in [4.69, 9.17) is 10.2 Å². The molecule has 0 aromatic carbocycles. The first-order valence-corrected chi connectivity index (χ1v) is 3.43. The highest BCUT2D eigenvalue weighted by atomic mass is 16.4. The maximum atomic E-state index is 10.4. The van der Waals surface area contributed by atoms with Crippen molar-refractivity contribution < 1.29 is 19.8 Å². The average Bonchev–Trinajstić information content (AvgIpc) is 1.96. The van der Waals surface area contributed by atoms with Crippen LogP contribution in [0.4, 0.5) is 0 Å². The van der Waals surface area contributed by atoms with Gasteiger partial charge in [0.15, 0.2) is 0 Å². The summed E-state index contributed by atoms with van der Waals surface area (Å²) in [6, 6.07) is -0.945. The van der Waals surface area contributed by atoms with Gasteiger partial charge in [0.2, 0.25) is 5.91 Å². The first-order chi connectivity index (χ1) is 5.57. The minimum absolute atomic E-state index is 0.0512. The number of carboxylic acids is 1. The first kappa shape index (κ1) is 10.9. The fourth-order valence-electron chi connectivity index (χ4n) is 0.575. The Morgan fingerprint density at radius 1 is 1.50 bits per heavy atom. The summed E-state index contributed by atoms with van der Waals surface area (Å²) in [6.45, 7) is 1.01. The van der Waals surface area contributed by atoms with Crippen LogP contribution in [0.25, 0.3) is 0 Å². The summed E-state index contributed by atoms with van der Waals surface area (Å²) in [5.41, 5.74) is 4.39. The molecule has 6 nitrogen and oxygen atoms in total. The molecule has 0 saturated carbocycles. The summed E-state index contributed by atoms with van der Waals surface area (Å²) >= 11 is 0. The fraction of sp³-hybridized carbons (Fsp3) is 0.667. The number of aliphatic hydroxyl groups is 1. The van der Waals surface area contributed by atoms with E-state index in [1.165, 1.54) is 6.92 Å². The molecule has 0 fully saturated rings. The zero-order valence-corrected chi connectivity index (χ0v) is 6.70. The Morgan fingerprint density at radius 3 is 2.42 bits per heavy atom. The second-order valence-corrected chi connectivity index (χ2v) is 2.23. The summed E-state index contributed by atoms with van der Waals surface area (Å²) in [6.07, 6.45) is 0.0512. The normalized spacial score (nSPS) is 12.2. The Morgan fingerprint density at radius 2 is 2.08 bits per heavy atom. The molecule has 0 aliphatic rings. The van der Waals surface area contributed by atoms with Crippen molar-refractivity contribution >= 4 is 11.9 Å². The fourth-order valence-corrected chi connectivity index (χ4v) is 0.575. The number of amides is 1. The lowest BCUT2D eigenvalue weighted by Gasteiger charge is -2.12. The predicted molar refractivity (Wildman–Crippen MR) is 40.1 cm³/mol. The molecule has 0 unspecified atom stereocenters. The summed E-state index contributed by atoms with van der Waals surface area (Å²) in [5.74, 6) is -1.49. The molecule has 0 bridgehead atoms. The summed E-state index contributed by atoms with van der Waals surface area (Å²) in [7, 11) is 0. The largest absolute Gasteiger partial charge is 0.480 e. The van der Waals surface area contributed by atoms with Crippen LogP contribution in [-0.4, -0.2) is 34.7 Å². The van der Waals surface area contributed by atoms with Gasteiger partial charge in [0, 0.05) is 13.5 Å². The van der Waals surface area contributed by atoms with Gasteiger partial charge >= 0.3 is 5.97 Å². The van der Waals surface area contributed by atoms with Gasteiger partial charge in [-0.05, 0) is 6.42 Å². The van der Waals surface area contributed by atoms with Crippen LogP contribution in [0.1, 0.15) is 13.3 Å². The van der Waals surface area contributed by atoms with E-state index in [0.717, 1.165) is 0 Å². The van der Waals surface area contributed by atoms with Crippen LogP contribution in [0.5, 0.6) is 0 Å². The van der Waals surface area contributed by atoms with E-state index in [1.54, 1.807) is 0 Å². The summed E-state index contributed by atoms with van der Waals surface area (Å²) in [5, 5.41) is 16.9. The van der Waals surface area contributed by atoms with E-state index in [-0.39, 0.29) is 18.9 Å². The van der Waals surface area contributed by atoms with Gasteiger partial charge in [-0.1, -0.05) is 0 Å². The molecule has 4 N–H and O–H groups in total. The molecule has 0 rings (SSSR count). The Hall–Kier alpha value is -1.14. The Balaban J connectivity index is 3.79. The van der Waals surface area contributed by atoms with Crippen LogP contribution >= 0.6 is 0 Å². The number of hydrogen-bond acceptors (Lipinski definition) is 4. The van der Waals surface area contributed by atoms with Crippen molar-refractivity contribution in [2.45, 2.75) is 19.4 Å². The van der Waals surface area contributed by atoms with Crippen LogP contribution < -0.4 is 10.9 Å². The van der Waals surface area contributed by atoms with Crippen LogP contribution in [0.15, 0.2) is 0 Å². The maximum Gasteiger partial charge on any atom is 0.322 e. The SMILES string of the molecule is CC(=O)NN[C@@H](CCO)C(=O)O. The number of rotatable bonds is 5. The van der Waals surface area contributed by atoms with Crippen molar-refractivity contribution in [2.75, 3.05) is 6.61 Å². The molecule has 6 heteroatoms. The molecule has 0 heterocycles. The van der Waals surface area contributed by atoms with Gasteiger partial charge in [0.25, 0.3) is 0 Å². The molecule has 0 radical (unpaired) electrons. The van der Waals surface area contributed by atoms with Crippen molar-refractivity contribution in [3.63, 3.8) is 0 Å². The molecule has 0 aromatic heterocycles. The predicted octanol–water partition coefficient (Wildman–Crippen LogP) is -1.54. The third kappa shape index (κ3) is 4.64. The summed E-state index contributed by atoms with van der Waals surface area (Å²) < 4.78 is 0. The van der Waals surface area contributed by atoms with E-state index in [1.807, 2.05) is 0 Å². The lowest BCUT2D eigenvalue weighted by molar-refractivity contribution is -0.140. The average molecular weight is 176 g/mol. The smallest absolute Gasteiger partial charge is 0.322 e. The number of aliphatic carboxylic acids is 1. The molecular weight excluding hydrogens is 164 g/mol. The minimum atomic E-state index is -1.11. The quantitative estimate of drug-likeness (QED) is 0.381. The molecule has 12 heavy (non-hydrogen) atoms. The molecule has 0 spiro atoms. The molecule has 1 amide bonds. The van der Waals surface area contributed by atoms with Gasteiger partial charge < -0.3 is 10.2 Å². The van der Waals surface area contributed by atoms with E-state index >= 15 is 0 Å². The molecule has 0 saturated heterocycles. The lowest BCUT2D eigenvalue weighted by atomic mass is 10.2. The van der Waals surface area contributed by atoms with E-state index in [9.17, 15) is 9.59 Å². The van der Waals surface area contributed by atoms with Gasteiger partial charge in [-0.2, -0.15) is 0 Å². The number of carbonyl (C=O) groups excluding carboxylic acids is 1. The van der Waals surface area contributed by atoms with Crippen molar-refractivity contribution in [3.05, 3.63) is 0 Å². The van der Waals surface area contributed by atoms with Gasteiger partial charge in [-0.25, -0.2) is 5.43 Å². The molecule has 70 valence electrons. The number of carbonyl (C=O) groups is 2. The maximum absolute atomic E-state index is 10.4. The number of aliphatic hydroxyl groups excluding tert-OH is 1. The second kappa shape index (κ2) is 5.50. The number of carboxylic acid groups (broad SMARTS) is 1. The van der Waals surface area contributed by atoms with Crippen molar-refractivity contribution in [1.29, 1.82) is 0 Å². The highest BCUT2D eigenvalue weighted by Crippen LogP contribution is 1.88. The van der Waals surface area contributed by atoms with Crippen molar-refractivity contribution in [2.24, 2.45) is 0 Å². The topological polar surface area (TPSA) is 98.7 Å². The van der Waals surface area contributed by atoms with Gasteiger partial charge in [-0.3, -0.25) is 15.0 Å². The molecular formula is C6H12N2O4. The number of nitrogens with one attached hydrogen (secondary N) is 2. The lowest BCUT2D eigenvalue weighted by Crippen LogP contribution is -2.47. The number of hydrazine groups is 1. The van der Waals surface area contributed by atoms with E-state index in [2.05, 4.69) is 10.9 Å². The Bertz CT molecular complexity index is 171. The van der Waals surface area contributed by atoms with Crippen LogP contribution in [0.3, 0.4) is 0 Å². The second-order valence-electron chi connectivity index (χ2n) is 2.23. The molecule has 0 aromatic rings. The Kier molecular flexibility index (Phi) is 4.98. The summed E-state index contributed by atoms with van der Waals surface area (Å²) in [4.78, 5) is 20.7. The highest BCUT2D eigenvalue weighted by Gasteiger charge is 2.15. The monoisotopic (exact) mass is 176 g/mol.